The van der Waals surface area contributed by atoms with Gasteiger partial charge >= 0.3 is 5.56 Å². The topological polar surface area (TPSA) is 56.1 Å². The first-order chi connectivity index (χ1) is 12.7. The van der Waals surface area contributed by atoms with Crippen molar-refractivity contribution in [3.8, 4) is 5.75 Å². The number of hydrogen-bond acceptors (Lipinski definition) is 4. The summed E-state index contributed by atoms with van der Waals surface area (Å²) in [6.07, 6.45) is 3.71. The number of nitrogens with one attached hydrogen (secondary N) is 1. The second-order valence-corrected chi connectivity index (χ2v) is 6.08. The Hall–Kier alpha value is -3.08. The van der Waals surface area contributed by atoms with Crippen molar-refractivity contribution in [2.45, 2.75) is 26.3 Å². The molecule has 0 aliphatic heterocycles. The van der Waals surface area contributed by atoms with Crippen molar-refractivity contribution < 1.29 is 4.74 Å². The lowest BCUT2D eigenvalue weighted by atomic mass is 10.1. The Labute approximate surface area is 153 Å². The zero-order valence-corrected chi connectivity index (χ0v) is 15.1. The van der Waals surface area contributed by atoms with Crippen LogP contribution in [0.2, 0.25) is 0 Å². The van der Waals surface area contributed by atoms with Gasteiger partial charge in [-0.05, 0) is 23.6 Å². The molecule has 1 N–H and O–H groups in total. The largest absolute Gasteiger partial charge is 0.490 e. The van der Waals surface area contributed by atoms with E-state index in [0.29, 0.717) is 12.5 Å². The number of methoxy groups -OCH3 is 1. The summed E-state index contributed by atoms with van der Waals surface area (Å²) in [6.45, 7) is 2.73. The van der Waals surface area contributed by atoms with Crippen LogP contribution in [0.25, 0.3) is 0 Å². The highest BCUT2D eigenvalue weighted by Crippen LogP contribution is 2.22. The SMILES string of the molecule is CCCc1ccccc1Nc1nc(=O)c(OC)cn1Cc1ccccc1. The highest BCUT2D eigenvalue weighted by Gasteiger charge is 2.11. The molecule has 3 rings (SSSR count). The molecule has 1 heterocycles. The molecule has 26 heavy (non-hydrogen) atoms. The fraction of sp³-hybridized carbons (Fsp3) is 0.238. The number of aromatic nitrogens is 2. The summed E-state index contributed by atoms with van der Waals surface area (Å²) < 4.78 is 7.07. The number of ether oxygens (including phenoxy) is 1. The maximum absolute atomic E-state index is 12.2. The Morgan fingerprint density at radius 1 is 1.08 bits per heavy atom. The van der Waals surface area contributed by atoms with Gasteiger partial charge in [0.1, 0.15) is 0 Å². The van der Waals surface area contributed by atoms with Crippen molar-refractivity contribution >= 4 is 11.6 Å². The van der Waals surface area contributed by atoms with Crippen LogP contribution in [0, 0.1) is 0 Å². The Morgan fingerprint density at radius 2 is 1.81 bits per heavy atom. The molecule has 5 heteroatoms. The molecule has 134 valence electrons. The summed E-state index contributed by atoms with van der Waals surface area (Å²) in [6, 6.07) is 18.1. The zero-order valence-electron chi connectivity index (χ0n) is 15.1. The van der Waals surface area contributed by atoms with E-state index in [1.165, 1.54) is 12.7 Å². The molecule has 5 nitrogen and oxygen atoms in total. The Kier molecular flexibility index (Phi) is 5.69. The van der Waals surface area contributed by atoms with Gasteiger partial charge in [0.2, 0.25) is 11.7 Å². The first-order valence-electron chi connectivity index (χ1n) is 8.75. The molecule has 0 atom stereocenters. The maximum Gasteiger partial charge on any atom is 0.316 e. The molecule has 0 saturated heterocycles. The minimum absolute atomic E-state index is 0.230. The van der Waals surface area contributed by atoms with Crippen LogP contribution < -0.4 is 15.6 Å². The number of anilines is 2. The van der Waals surface area contributed by atoms with E-state index in [4.69, 9.17) is 4.74 Å². The third kappa shape index (κ3) is 4.11. The number of para-hydroxylation sites is 1. The highest BCUT2D eigenvalue weighted by molar-refractivity contribution is 5.59. The van der Waals surface area contributed by atoms with Gasteiger partial charge in [-0.25, -0.2) is 0 Å². The first-order valence-corrected chi connectivity index (χ1v) is 8.75. The van der Waals surface area contributed by atoms with Crippen molar-refractivity contribution in [1.29, 1.82) is 0 Å². The summed E-state index contributed by atoms with van der Waals surface area (Å²) in [5, 5.41) is 3.33. The predicted octanol–water partition coefficient (Wildman–Crippen LogP) is 4.00. The fourth-order valence-corrected chi connectivity index (χ4v) is 2.86. The third-order valence-corrected chi connectivity index (χ3v) is 4.16. The first kappa shape index (κ1) is 17.7. The van der Waals surface area contributed by atoms with Gasteiger partial charge in [-0.3, -0.25) is 4.79 Å². The van der Waals surface area contributed by atoms with Crippen LogP contribution in [-0.4, -0.2) is 16.7 Å². The van der Waals surface area contributed by atoms with Crippen LogP contribution in [0.4, 0.5) is 11.6 Å². The van der Waals surface area contributed by atoms with Gasteiger partial charge in [-0.2, -0.15) is 4.98 Å². The molecule has 0 radical (unpaired) electrons. The van der Waals surface area contributed by atoms with Gasteiger partial charge in [0.25, 0.3) is 0 Å². The number of benzene rings is 2. The molecule has 0 aliphatic rings. The van der Waals surface area contributed by atoms with Gasteiger partial charge in [0.15, 0.2) is 0 Å². The van der Waals surface area contributed by atoms with E-state index < -0.39 is 0 Å². The summed E-state index contributed by atoms with van der Waals surface area (Å²) in [5.41, 5.74) is 2.90. The third-order valence-electron chi connectivity index (χ3n) is 4.16. The quantitative estimate of drug-likeness (QED) is 0.700. The van der Waals surface area contributed by atoms with Crippen LogP contribution >= 0.6 is 0 Å². The van der Waals surface area contributed by atoms with Gasteiger partial charge < -0.3 is 14.6 Å². The molecule has 0 amide bonds. The average Bonchev–Trinajstić information content (AvgIpc) is 2.66. The molecular formula is C21H23N3O2. The van der Waals surface area contributed by atoms with Gasteiger partial charge in [-0.1, -0.05) is 61.9 Å². The minimum atomic E-state index is -0.382. The minimum Gasteiger partial charge on any atom is -0.490 e. The van der Waals surface area contributed by atoms with E-state index in [0.717, 1.165) is 24.1 Å². The van der Waals surface area contributed by atoms with E-state index >= 15 is 0 Å². The summed E-state index contributed by atoms with van der Waals surface area (Å²) in [5.74, 6) is 0.733. The molecule has 0 unspecified atom stereocenters. The lowest BCUT2D eigenvalue weighted by molar-refractivity contribution is 0.402. The molecule has 3 aromatic rings. The number of aryl methyl sites for hydroxylation is 1. The van der Waals surface area contributed by atoms with Crippen molar-refractivity contribution in [1.82, 2.24) is 9.55 Å². The van der Waals surface area contributed by atoms with E-state index in [-0.39, 0.29) is 11.3 Å². The molecular weight excluding hydrogens is 326 g/mol. The van der Waals surface area contributed by atoms with Gasteiger partial charge in [0.05, 0.1) is 19.9 Å². The van der Waals surface area contributed by atoms with Gasteiger partial charge in [0, 0.05) is 5.69 Å². The molecule has 1 aromatic heterocycles. The predicted molar refractivity (Wildman–Crippen MR) is 104 cm³/mol. The fourth-order valence-electron chi connectivity index (χ4n) is 2.86. The van der Waals surface area contributed by atoms with Crippen molar-refractivity contribution in [3.05, 3.63) is 82.3 Å². The molecule has 2 aromatic carbocycles. The Balaban J connectivity index is 2.00. The van der Waals surface area contributed by atoms with E-state index in [2.05, 4.69) is 23.3 Å². The zero-order chi connectivity index (χ0) is 18.4. The highest BCUT2D eigenvalue weighted by atomic mass is 16.5. The normalized spacial score (nSPS) is 10.5. The number of nitrogens with zero attached hydrogens (tertiary/aromatic N) is 2. The molecule has 0 bridgehead atoms. The standard InChI is InChI=1S/C21H23N3O2/c1-3-9-17-12-7-8-13-18(17)22-21-23-20(25)19(26-2)15-24(21)14-16-10-5-4-6-11-16/h4-8,10-13,15H,3,9,14H2,1-2H3,(H,22,23,25). The van der Waals surface area contributed by atoms with Gasteiger partial charge in [-0.15, -0.1) is 0 Å². The lowest BCUT2D eigenvalue weighted by Gasteiger charge is -2.17. The van der Waals surface area contributed by atoms with Crippen molar-refractivity contribution in [2.24, 2.45) is 0 Å². The average molecular weight is 349 g/mol. The second kappa shape index (κ2) is 8.34. The Morgan fingerprint density at radius 3 is 2.54 bits per heavy atom. The van der Waals surface area contributed by atoms with Crippen LogP contribution in [0.3, 0.4) is 0 Å². The molecule has 0 aliphatic carbocycles. The maximum atomic E-state index is 12.2. The summed E-state index contributed by atoms with van der Waals surface area (Å²) in [4.78, 5) is 16.4. The van der Waals surface area contributed by atoms with E-state index in [1.54, 1.807) is 6.20 Å². The number of hydrogen-bond donors (Lipinski definition) is 1. The van der Waals surface area contributed by atoms with Crippen molar-refractivity contribution in [2.75, 3.05) is 12.4 Å². The summed E-state index contributed by atoms with van der Waals surface area (Å²) >= 11 is 0. The second-order valence-electron chi connectivity index (χ2n) is 6.08. The molecule has 0 fully saturated rings. The number of rotatable bonds is 7. The lowest BCUT2D eigenvalue weighted by Crippen LogP contribution is -2.19. The summed E-state index contributed by atoms with van der Waals surface area (Å²) in [7, 11) is 1.48. The molecule has 0 spiro atoms. The van der Waals surface area contributed by atoms with Crippen LogP contribution in [0.5, 0.6) is 5.75 Å². The van der Waals surface area contributed by atoms with Crippen LogP contribution in [0.1, 0.15) is 24.5 Å². The Bertz CT molecular complexity index is 920. The van der Waals surface area contributed by atoms with Crippen molar-refractivity contribution in [3.63, 3.8) is 0 Å². The molecule has 0 saturated carbocycles. The van der Waals surface area contributed by atoms with Crippen LogP contribution in [-0.2, 0) is 13.0 Å². The smallest absolute Gasteiger partial charge is 0.316 e. The monoisotopic (exact) mass is 349 g/mol. The van der Waals surface area contributed by atoms with E-state index in [9.17, 15) is 4.79 Å². The van der Waals surface area contributed by atoms with E-state index in [1.807, 2.05) is 53.1 Å². The van der Waals surface area contributed by atoms with Crippen LogP contribution in [0.15, 0.2) is 65.6 Å².